The van der Waals surface area contributed by atoms with Crippen molar-refractivity contribution in [3.63, 3.8) is 0 Å². The lowest BCUT2D eigenvalue weighted by Crippen LogP contribution is -2.21. The number of Topliss-reactive ketones (excluding diaryl/α,β-unsaturated/α-hetero) is 1. The number of amides is 2. The molecule has 3 aromatic rings. The zero-order chi connectivity index (χ0) is 25.7. The number of aryl methyl sites for hydroxylation is 2. The molecule has 0 spiro atoms. The average Bonchev–Trinajstić information content (AvgIpc) is 3.36. The van der Waals surface area contributed by atoms with E-state index in [1.165, 1.54) is 31.3 Å². The number of carbonyl (C=O) groups is 2. The first kappa shape index (κ1) is 26.0. The first-order chi connectivity index (χ1) is 17.2. The molecule has 1 aliphatic rings. The van der Waals surface area contributed by atoms with Crippen LogP contribution in [0.3, 0.4) is 0 Å². The summed E-state index contributed by atoms with van der Waals surface area (Å²) in [6, 6.07) is 5.54. The van der Waals surface area contributed by atoms with Gasteiger partial charge in [0, 0.05) is 48.1 Å². The third-order valence-corrected chi connectivity index (χ3v) is 6.89. The van der Waals surface area contributed by atoms with Crippen LogP contribution in [0, 0.1) is 5.92 Å². The minimum atomic E-state index is -0.326. The van der Waals surface area contributed by atoms with Crippen LogP contribution in [0.4, 0.5) is 15.7 Å². The molecule has 0 radical (unpaired) electrons. The van der Waals surface area contributed by atoms with Gasteiger partial charge in [-0.05, 0) is 49.3 Å². The van der Waals surface area contributed by atoms with Crippen LogP contribution in [0.25, 0.3) is 0 Å². The number of hydrogen-bond donors (Lipinski definition) is 2. The van der Waals surface area contributed by atoms with Crippen LogP contribution in [0.15, 0.2) is 30.6 Å². The van der Waals surface area contributed by atoms with Crippen LogP contribution < -0.4 is 10.6 Å². The van der Waals surface area contributed by atoms with E-state index in [1.54, 1.807) is 12.4 Å². The zero-order valence-corrected chi connectivity index (χ0v) is 22.2. The van der Waals surface area contributed by atoms with E-state index in [9.17, 15) is 9.59 Å². The molecule has 2 amide bonds. The summed E-state index contributed by atoms with van der Waals surface area (Å²) in [5.74, 6) is 1.35. The molecule has 3 heterocycles. The van der Waals surface area contributed by atoms with E-state index in [1.807, 2.05) is 22.9 Å². The maximum atomic E-state index is 12.7. The molecule has 1 saturated carbocycles. The van der Waals surface area contributed by atoms with Gasteiger partial charge in [0.25, 0.3) is 0 Å². The number of rotatable bonds is 11. The largest absolute Gasteiger partial charge is 0.377 e. The van der Waals surface area contributed by atoms with Crippen LogP contribution in [-0.2, 0) is 40.8 Å². The third-order valence-electron chi connectivity index (χ3n) is 5.92. The van der Waals surface area contributed by atoms with E-state index in [0.29, 0.717) is 16.9 Å². The van der Waals surface area contributed by atoms with Gasteiger partial charge in [-0.15, -0.1) is 11.3 Å². The van der Waals surface area contributed by atoms with Gasteiger partial charge in [0.2, 0.25) is 0 Å². The normalized spacial score (nSPS) is 13.6. The maximum absolute atomic E-state index is 12.7. The van der Waals surface area contributed by atoms with Crippen molar-refractivity contribution < 1.29 is 14.3 Å². The van der Waals surface area contributed by atoms with Crippen LogP contribution in [0.2, 0.25) is 0 Å². The van der Waals surface area contributed by atoms with E-state index < -0.39 is 0 Å². The second kappa shape index (κ2) is 11.3. The molecule has 0 aromatic carbocycles. The van der Waals surface area contributed by atoms with Gasteiger partial charge in [-0.1, -0.05) is 20.8 Å². The van der Waals surface area contributed by atoms with Crippen molar-refractivity contribution >= 4 is 34.1 Å². The van der Waals surface area contributed by atoms with Gasteiger partial charge in [0.05, 0.1) is 12.1 Å². The summed E-state index contributed by atoms with van der Waals surface area (Å²) in [5, 5.41) is 11.1. The second-order valence-electron chi connectivity index (χ2n) is 10.3. The monoisotopic (exact) mass is 510 g/mol. The Bertz CT molecular complexity index is 1210. The lowest BCUT2D eigenvalue weighted by Gasteiger charge is -2.14. The smallest absolute Gasteiger partial charge is 0.326 e. The van der Waals surface area contributed by atoms with Gasteiger partial charge in [-0.25, -0.2) is 14.5 Å². The molecule has 36 heavy (non-hydrogen) atoms. The van der Waals surface area contributed by atoms with E-state index in [2.05, 4.69) is 41.4 Å². The van der Waals surface area contributed by atoms with E-state index in [-0.39, 0.29) is 30.3 Å². The van der Waals surface area contributed by atoms with E-state index in [0.717, 1.165) is 41.2 Å². The second-order valence-corrected chi connectivity index (χ2v) is 11.4. The Morgan fingerprint density at radius 3 is 2.69 bits per heavy atom. The molecule has 0 aliphatic heterocycles. The minimum absolute atomic E-state index is 0.00354. The van der Waals surface area contributed by atoms with Crippen molar-refractivity contribution in [2.24, 2.45) is 5.92 Å². The highest BCUT2D eigenvalue weighted by Gasteiger charge is 2.26. The fraction of sp³-hybridized carbons (Fsp3) is 0.500. The number of ketones is 1. The lowest BCUT2D eigenvalue weighted by molar-refractivity contribution is -0.122. The number of hydrogen-bond acceptors (Lipinski definition) is 7. The van der Waals surface area contributed by atoms with E-state index in [4.69, 9.17) is 9.84 Å². The molecular formula is C26H34N6O3S. The molecule has 1 aliphatic carbocycles. The van der Waals surface area contributed by atoms with E-state index >= 15 is 0 Å². The molecule has 0 atom stereocenters. The van der Waals surface area contributed by atoms with Gasteiger partial charge >= 0.3 is 6.03 Å². The van der Waals surface area contributed by atoms with Crippen LogP contribution in [-0.4, -0.2) is 45.3 Å². The van der Waals surface area contributed by atoms with Crippen LogP contribution in [0.1, 0.15) is 55.4 Å². The third kappa shape index (κ3) is 7.44. The first-order valence-corrected chi connectivity index (χ1v) is 13.1. The van der Waals surface area contributed by atoms with Crippen molar-refractivity contribution in [2.75, 3.05) is 24.4 Å². The number of nitrogens with one attached hydrogen (secondary N) is 2. The Labute approximate surface area is 215 Å². The molecule has 192 valence electrons. The van der Waals surface area contributed by atoms with Gasteiger partial charge < -0.3 is 4.74 Å². The molecule has 10 heteroatoms. The fourth-order valence-electron chi connectivity index (χ4n) is 3.76. The fourth-order valence-corrected chi connectivity index (χ4v) is 4.56. The summed E-state index contributed by atoms with van der Waals surface area (Å²) in [5.41, 5.74) is 2.70. The van der Waals surface area contributed by atoms with Crippen molar-refractivity contribution in [1.82, 2.24) is 19.7 Å². The first-order valence-electron chi connectivity index (χ1n) is 12.2. The molecule has 2 N–H and O–H groups in total. The lowest BCUT2D eigenvalue weighted by atomic mass is 9.92. The Balaban J connectivity index is 1.32. The number of pyridine rings is 1. The summed E-state index contributed by atoms with van der Waals surface area (Å²) < 4.78 is 6.80. The Morgan fingerprint density at radius 1 is 1.17 bits per heavy atom. The summed E-state index contributed by atoms with van der Waals surface area (Å²) in [6.07, 6.45) is 7.78. The summed E-state index contributed by atoms with van der Waals surface area (Å²) in [7, 11) is 1.51. The van der Waals surface area contributed by atoms with Gasteiger partial charge in [0.1, 0.15) is 12.4 Å². The molecule has 0 bridgehead atoms. The number of methoxy groups -OCH3 is 1. The van der Waals surface area contributed by atoms with Crippen molar-refractivity contribution in [1.29, 1.82) is 0 Å². The number of ether oxygens (including phenoxy) is 1. The molecule has 3 aromatic heterocycles. The predicted octanol–water partition coefficient (Wildman–Crippen LogP) is 4.63. The topological polar surface area (TPSA) is 111 Å². The van der Waals surface area contributed by atoms with Crippen LogP contribution in [0.5, 0.6) is 0 Å². The molecule has 0 unspecified atom stereocenters. The number of anilines is 2. The number of carbonyl (C=O) groups excluding carboxylic acids is 2. The highest BCUT2D eigenvalue weighted by atomic mass is 32.1. The number of thiazole rings is 1. The predicted molar refractivity (Wildman–Crippen MR) is 141 cm³/mol. The molecule has 1 fully saturated rings. The average molecular weight is 511 g/mol. The summed E-state index contributed by atoms with van der Waals surface area (Å²) in [6.45, 7) is 7.27. The highest BCUT2D eigenvalue weighted by Crippen LogP contribution is 2.33. The molecular weight excluding hydrogens is 476 g/mol. The summed E-state index contributed by atoms with van der Waals surface area (Å²) >= 11 is 1.46. The van der Waals surface area contributed by atoms with Crippen molar-refractivity contribution in [3.05, 3.63) is 52.4 Å². The van der Waals surface area contributed by atoms with Gasteiger partial charge in [-0.2, -0.15) is 5.10 Å². The van der Waals surface area contributed by atoms with Crippen molar-refractivity contribution in [2.45, 2.75) is 64.8 Å². The standard InChI is InChI=1S/C26H34N6O3S/c1-26(2,3)22-13-23(32(31-22)15-18-5-6-18)29-24(34)30-25-28-14-21(36-25)8-7-17-9-10-27-19(11-17)12-20(33)16-35-4/h9-11,13-14,18H,5-8,12,15-16H2,1-4H3,(H2,28,29,30,34). The maximum Gasteiger partial charge on any atom is 0.326 e. The number of aromatic nitrogens is 4. The molecule has 0 saturated heterocycles. The quantitative estimate of drug-likeness (QED) is 0.389. The van der Waals surface area contributed by atoms with Gasteiger partial charge in [-0.3, -0.25) is 20.4 Å². The zero-order valence-electron chi connectivity index (χ0n) is 21.3. The Hall–Kier alpha value is -3.11. The highest BCUT2D eigenvalue weighted by molar-refractivity contribution is 7.15. The molecule has 4 rings (SSSR count). The minimum Gasteiger partial charge on any atom is -0.377 e. The summed E-state index contributed by atoms with van der Waals surface area (Å²) in [4.78, 5) is 34.2. The number of nitrogens with zero attached hydrogens (tertiary/aromatic N) is 4. The van der Waals surface area contributed by atoms with Gasteiger partial charge in [0.15, 0.2) is 10.9 Å². The van der Waals surface area contributed by atoms with Crippen molar-refractivity contribution in [3.8, 4) is 0 Å². The SMILES string of the molecule is COCC(=O)Cc1cc(CCc2cnc(NC(=O)Nc3cc(C(C)(C)C)nn3CC3CC3)s2)ccn1. The number of urea groups is 1. The van der Waals surface area contributed by atoms with Crippen LogP contribution >= 0.6 is 11.3 Å². The Morgan fingerprint density at radius 2 is 1.97 bits per heavy atom. The molecule has 9 nitrogen and oxygen atoms in total. The Kier molecular flexibility index (Phi) is 8.15.